The number of urea groups is 1. The van der Waals surface area contributed by atoms with E-state index in [9.17, 15) is 18.0 Å². The third-order valence-electron chi connectivity index (χ3n) is 3.60. The zero-order valence-corrected chi connectivity index (χ0v) is 14.9. The van der Waals surface area contributed by atoms with Gasteiger partial charge in [-0.25, -0.2) is 18.0 Å². The summed E-state index contributed by atoms with van der Waals surface area (Å²) >= 11 is 1.53. The highest BCUT2D eigenvalue weighted by atomic mass is 32.1. The van der Waals surface area contributed by atoms with Crippen LogP contribution in [-0.2, 0) is 6.54 Å². The molecule has 4 nitrogen and oxygen atoms in total. The van der Waals surface area contributed by atoms with Crippen molar-refractivity contribution in [1.29, 1.82) is 0 Å². The first-order valence-electron chi connectivity index (χ1n) is 7.50. The Morgan fingerprint density at radius 1 is 1.32 bits per heavy atom. The Balaban J connectivity index is 2.10. The van der Waals surface area contributed by atoms with E-state index >= 15 is 0 Å². The summed E-state index contributed by atoms with van der Waals surface area (Å²) in [5.74, 6) is -0.810. The van der Waals surface area contributed by atoms with Gasteiger partial charge in [-0.15, -0.1) is 11.3 Å². The third-order valence-corrected chi connectivity index (χ3v) is 4.59. The van der Waals surface area contributed by atoms with E-state index in [1.807, 2.05) is 19.1 Å². The van der Waals surface area contributed by atoms with Gasteiger partial charge in [-0.2, -0.15) is 0 Å². The van der Waals surface area contributed by atoms with E-state index in [4.69, 9.17) is 4.74 Å². The van der Waals surface area contributed by atoms with E-state index < -0.39 is 24.3 Å². The normalized spacial score (nSPS) is 12.1. The molecule has 1 aromatic heterocycles. The molecule has 1 heterocycles. The molecule has 0 bridgehead atoms. The van der Waals surface area contributed by atoms with Crippen LogP contribution in [0.3, 0.4) is 0 Å². The smallest absolute Gasteiger partial charge is 0.318 e. The SMILES string of the molecule is COc1ccc([C@@H](NC(=O)N(C)Cc2ccc(C)s2)C(F)F)cc1F. The van der Waals surface area contributed by atoms with Crippen molar-refractivity contribution in [3.8, 4) is 5.75 Å². The average molecular weight is 372 g/mol. The number of methoxy groups -OCH3 is 1. The van der Waals surface area contributed by atoms with Crippen LogP contribution in [0.2, 0.25) is 0 Å². The quantitative estimate of drug-likeness (QED) is 0.819. The molecule has 2 rings (SSSR count). The number of carbonyl (C=O) groups excluding carboxylic acids is 1. The molecule has 1 aromatic carbocycles. The Morgan fingerprint density at radius 3 is 2.56 bits per heavy atom. The van der Waals surface area contributed by atoms with E-state index in [0.29, 0.717) is 6.54 Å². The highest BCUT2D eigenvalue weighted by Gasteiger charge is 2.26. The number of benzene rings is 1. The van der Waals surface area contributed by atoms with Crippen LogP contribution in [0.25, 0.3) is 0 Å². The molecule has 0 fully saturated rings. The molecule has 0 radical (unpaired) electrons. The van der Waals surface area contributed by atoms with Crippen molar-refractivity contribution in [3.05, 3.63) is 51.5 Å². The number of aryl methyl sites for hydroxylation is 1. The topological polar surface area (TPSA) is 41.6 Å². The largest absolute Gasteiger partial charge is 0.494 e. The van der Waals surface area contributed by atoms with Crippen molar-refractivity contribution in [2.24, 2.45) is 0 Å². The van der Waals surface area contributed by atoms with Crippen LogP contribution in [0.5, 0.6) is 5.75 Å². The first-order chi connectivity index (χ1) is 11.8. The number of nitrogens with one attached hydrogen (secondary N) is 1. The van der Waals surface area contributed by atoms with Crippen LogP contribution in [0.1, 0.15) is 21.4 Å². The second-order valence-corrected chi connectivity index (χ2v) is 6.90. The number of carbonyl (C=O) groups is 1. The van der Waals surface area contributed by atoms with Gasteiger partial charge in [0.05, 0.1) is 13.7 Å². The molecule has 0 unspecified atom stereocenters. The highest BCUT2D eigenvalue weighted by Crippen LogP contribution is 2.26. The molecule has 1 atom stereocenters. The summed E-state index contributed by atoms with van der Waals surface area (Å²) in [7, 11) is 2.80. The number of rotatable bonds is 6. The van der Waals surface area contributed by atoms with Gasteiger partial charge in [0, 0.05) is 16.8 Å². The van der Waals surface area contributed by atoms with E-state index in [1.165, 1.54) is 42.5 Å². The Hall–Kier alpha value is -2.22. The second kappa shape index (κ2) is 8.24. The lowest BCUT2D eigenvalue weighted by atomic mass is 10.1. The zero-order chi connectivity index (χ0) is 18.6. The van der Waals surface area contributed by atoms with Gasteiger partial charge in [0.15, 0.2) is 11.6 Å². The third kappa shape index (κ3) is 4.88. The first-order valence-corrected chi connectivity index (χ1v) is 8.32. The monoisotopic (exact) mass is 372 g/mol. The standard InChI is InChI=1S/C17H19F3N2O2S/c1-10-4-6-12(25-10)9-22(2)17(23)21-15(16(19)20)11-5-7-14(24-3)13(18)8-11/h4-8,15-16H,9H2,1-3H3,(H,21,23)/t15-/m1/s1. The first kappa shape index (κ1) is 19.1. The fraction of sp³-hybridized carbons (Fsp3) is 0.353. The lowest BCUT2D eigenvalue weighted by Crippen LogP contribution is -2.41. The summed E-state index contributed by atoms with van der Waals surface area (Å²) in [5.41, 5.74) is -0.0259. The predicted octanol–water partition coefficient (Wildman–Crippen LogP) is 4.35. The van der Waals surface area contributed by atoms with Crippen molar-refractivity contribution in [1.82, 2.24) is 10.2 Å². The lowest BCUT2D eigenvalue weighted by Gasteiger charge is -2.23. The summed E-state index contributed by atoms with van der Waals surface area (Å²) in [6.07, 6.45) is -2.88. The summed E-state index contributed by atoms with van der Waals surface area (Å²) in [4.78, 5) is 15.6. The number of alkyl halides is 2. The number of nitrogens with zero attached hydrogens (tertiary/aromatic N) is 1. The van der Waals surface area contributed by atoms with Crippen LogP contribution in [0, 0.1) is 12.7 Å². The van der Waals surface area contributed by atoms with Gasteiger partial charge in [-0.1, -0.05) is 6.07 Å². The molecule has 0 saturated heterocycles. The molecule has 0 aliphatic carbocycles. The van der Waals surface area contributed by atoms with Gasteiger partial charge >= 0.3 is 6.03 Å². The number of amides is 2. The summed E-state index contributed by atoms with van der Waals surface area (Å²) in [5, 5.41) is 2.26. The molecule has 136 valence electrons. The maximum atomic E-state index is 13.8. The Morgan fingerprint density at radius 2 is 2.04 bits per heavy atom. The van der Waals surface area contributed by atoms with Crippen LogP contribution < -0.4 is 10.1 Å². The van der Waals surface area contributed by atoms with E-state index in [-0.39, 0.29) is 11.3 Å². The minimum atomic E-state index is -2.88. The molecule has 2 amide bonds. The fourth-order valence-corrected chi connectivity index (χ4v) is 3.23. The maximum absolute atomic E-state index is 13.8. The van der Waals surface area contributed by atoms with Crippen LogP contribution >= 0.6 is 11.3 Å². The lowest BCUT2D eigenvalue weighted by molar-refractivity contribution is 0.0971. The minimum absolute atomic E-state index is 0.0259. The Labute approximate surface area is 148 Å². The molecule has 2 aromatic rings. The van der Waals surface area contributed by atoms with Crippen molar-refractivity contribution >= 4 is 17.4 Å². The maximum Gasteiger partial charge on any atom is 0.318 e. The zero-order valence-electron chi connectivity index (χ0n) is 14.1. The average Bonchev–Trinajstić information content (AvgIpc) is 2.96. The van der Waals surface area contributed by atoms with Crippen molar-refractivity contribution < 1.29 is 22.7 Å². The molecule has 1 N–H and O–H groups in total. The van der Waals surface area contributed by atoms with Crippen molar-refractivity contribution in [2.75, 3.05) is 14.2 Å². The molecular weight excluding hydrogens is 353 g/mol. The Bertz CT molecular complexity index is 736. The van der Waals surface area contributed by atoms with Gasteiger partial charge in [0.2, 0.25) is 0 Å². The minimum Gasteiger partial charge on any atom is -0.494 e. The van der Waals surface area contributed by atoms with Crippen molar-refractivity contribution in [3.63, 3.8) is 0 Å². The molecule has 8 heteroatoms. The molecular formula is C17H19F3N2O2S. The molecule has 25 heavy (non-hydrogen) atoms. The summed E-state index contributed by atoms with van der Waals surface area (Å²) < 4.78 is 45.3. The fourth-order valence-electron chi connectivity index (χ4n) is 2.29. The molecule has 0 aliphatic rings. The number of halogens is 3. The number of hydrogen-bond acceptors (Lipinski definition) is 3. The number of ether oxygens (including phenoxy) is 1. The number of thiophene rings is 1. The van der Waals surface area contributed by atoms with Crippen LogP contribution in [0.15, 0.2) is 30.3 Å². The molecule has 0 aliphatic heterocycles. The van der Waals surface area contributed by atoms with E-state index in [1.54, 1.807) is 0 Å². The predicted molar refractivity (Wildman–Crippen MR) is 90.8 cm³/mol. The van der Waals surface area contributed by atoms with Crippen molar-refractivity contribution in [2.45, 2.75) is 25.9 Å². The van der Waals surface area contributed by atoms with Gasteiger partial charge in [0.25, 0.3) is 6.43 Å². The molecule has 0 spiro atoms. The summed E-state index contributed by atoms with van der Waals surface area (Å²) in [6, 6.07) is 5.04. The van der Waals surface area contributed by atoms with Crippen LogP contribution in [-0.4, -0.2) is 31.5 Å². The number of hydrogen-bond donors (Lipinski definition) is 1. The second-order valence-electron chi connectivity index (χ2n) is 5.52. The van der Waals surface area contributed by atoms with Gasteiger partial charge in [-0.05, 0) is 36.8 Å². The highest BCUT2D eigenvalue weighted by molar-refractivity contribution is 7.11. The van der Waals surface area contributed by atoms with E-state index in [2.05, 4.69) is 5.32 Å². The summed E-state index contributed by atoms with van der Waals surface area (Å²) in [6.45, 7) is 2.25. The van der Waals surface area contributed by atoms with Gasteiger partial charge < -0.3 is 15.0 Å². The Kier molecular flexibility index (Phi) is 6.30. The van der Waals surface area contributed by atoms with Crippen LogP contribution in [0.4, 0.5) is 18.0 Å². The van der Waals surface area contributed by atoms with Gasteiger partial charge in [0.1, 0.15) is 6.04 Å². The molecule has 0 saturated carbocycles. The van der Waals surface area contributed by atoms with Gasteiger partial charge in [-0.3, -0.25) is 0 Å². The van der Waals surface area contributed by atoms with E-state index in [0.717, 1.165) is 15.8 Å².